The van der Waals surface area contributed by atoms with Crippen molar-refractivity contribution in [3.05, 3.63) is 24.3 Å². The molecule has 1 aromatic carbocycles. The molecule has 5 heteroatoms. The third-order valence-corrected chi connectivity index (χ3v) is 3.52. The van der Waals surface area contributed by atoms with Crippen LogP contribution in [0, 0.1) is 0 Å². The summed E-state index contributed by atoms with van der Waals surface area (Å²) in [5.74, 6) is 0.404. The van der Waals surface area contributed by atoms with Crippen molar-refractivity contribution < 1.29 is 14.6 Å². The van der Waals surface area contributed by atoms with Crippen LogP contribution >= 0.6 is 0 Å². The van der Waals surface area contributed by atoms with Gasteiger partial charge in [-0.25, -0.2) is 0 Å². The number of benzene rings is 1. The highest BCUT2D eigenvalue weighted by Crippen LogP contribution is 2.28. The molecule has 104 valence electrons. The van der Waals surface area contributed by atoms with Crippen molar-refractivity contribution in [3.63, 3.8) is 0 Å². The molecular formula is C14H20N2O3. The van der Waals surface area contributed by atoms with E-state index in [1.165, 1.54) is 0 Å². The molecule has 0 bridgehead atoms. The summed E-state index contributed by atoms with van der Waals surface area (Å²) in [5.41, 5.74) is 5.78. The molecule has 1 aliphatic carbocycles. The van der Waals surface area contributed by atoms with Gasteiger partial charge < -0.3 is 20.9 Å². The van der Waals surface area contributed by atoms with Gasteiger partial charge in [-0.05, 0) is 37.1 Å². The van der Waals surface area contributed by atoms with E-state index in [0.717, 1.165) is 25.7 Å². The molecule has 0 heterocycles. The van der Waals surface area contributed by atoms with Crippen LogP contribution in [0.1, 0.15) is 25.7 Å². The number of hydrogen-bond donors (Lipinski definition) is 3. The van der Waals surface area contributed by atoms with Gasteiger partial charge in [0.25, 0.3) is 5.91 Å². The Kier molecular flexibility index (Phi) is 4.27. The first kappa shape index (κ1) is 13.7. The highest BCUT2D eigenvalue weighted by Gasteiger charge is 2.34. The fraction of sp³-hybridized carbons (Fsp3) is 0.500. The van der Waals surface area contributed by atoms with Crippen molar-refractivity contribution in [2.75, 3.05) is 18.9 Å². The van der Waals surface area contributed by atoms with Crippen molar-refractivity contribution in [2.24, 2.45) is 0 Å². The van der Waals surface area contributed by atoms with Crippen LogP contribution in [0.25, 0.3) is 0 Å². The molecule has 0 spiro atoms. The lowest BCUT2D eigenvalue weighted by atomic mass is 9.99. The van der Waals surface area contributed by atoms with Crippen molar-refractivity contribution in [1.29, 1.82) is 0 Å². The number of carbonyl (C=O) groups excluding carboxylic acids is 1. The Morgan fingerprint density at radius 2 is 1.95 bits per heavy atom. The highest BCUT2D eigenvalue weighted by molar-refractivity contribution is 5.78. The summed E-state index contributed by atoms with van der Waals surface area (Å²) in [7, 11) is 0. The van der Waals surface area contributed by atoms with Crippen molar-refractivity contribution >= 4 is 11.6 Å². The monoisotopic (exact) mass is 264 g/mol. The molecule has 0 radical (unpaired) electrons. The number of carbonyl (C=O) groups is 1. The average Bonchev–Trinajstić information content (AvgIpc) is 2.87. The minimum absolute atomic E-state index is 0.0133. The second-order valence-electron chi connectivity index (χ2n) is 5.05. The molecule has 4 N–H and O–H groups in total. The Morgan fingerprint density at radius 1 is 1.32 bits per heavy atom. The first-order valence-electron chi connectivity index (χ1n) is 6.54. The zero-order valence-corrected chi connectivity index (χ0v) is 10.9. The Labute approximate surface area is 112 Å². The zero-order chi connectivity index (χ0) is 13.7. The zero-order valence-electron chi connectivity index (χ0n) is 10.9. The fourth-order valence-electron chi connectivity index (χ4n) is 2.42. The fourth-order valence-corrected chi connectivity index (χ4v) is 2.42. The number of hydrogen-bond acceptors (Lipinski definition) is 4. The van der Waals surface area contributed by atoms with E-state index in [9.17, 15) is 9.90 Å². The first-order chi connectivity index (χ1) is 9.13. The lowest BCUT2D eigenvalue weighted by Gasteiger charge is -2.27. The van der Waals surface area contributed by atoms with Crippen LogP contribution in [0.5, 0.6) is 5.75 Å². The van der Waals surface area contributed by atoms with Gasteiger partial charge in [0.05, 0.1) is 12.1 Å². The summed E-state index contributed by atoms with van der Waals surface area (Å²) in [6.45, 7) is -0.0632. The van der Waals surface area contributed by atoms with Gasteiger partial charge in [0.2, 0.25) is 0 Å². The van der Waals surface area contributed by atoms with Crippen LogP contribution in [0.15, 0.2) is 24.3 Å². The molecule has 0 aromatic heterocycles. The van der Waals surface area contributed by atoms with Crippen LogP contribution in [0.3, 0.4) is 0 Å². The SMILES string of the molecule is Nc1ccc(OCC(=O)NC2(CO)CCCC2)cc1. The van der Waals surface area contributed by atoms with Crippen LogP contribution in [-0.2, 0) is 4.79 Å². The lowest BCUT2D eigenvalue weighted by molar-refractivity contribution is -0.125. The number of nitrogens with two attached hydrogens (primary N) is 1. The molecule has 1 amide bonds. The maximum absolute atomic E-state index is 11.8. The quantitative estimate of drug-likeness (QED) is 0.694. The number of aliphatic hydroxyl groups excluding tert-OH is 1. The van der Waals surface area contributed by atoms with Crippen molar-refractivity contribution in [3.8, 4) is 5.75 Å². The standard InChI is InChI=1S/C14H20N2O3/c15-11-3-5-12(6-4-11)19-9-13(18)16-14(10-17)7-1-2-8-14/h3-6,17H,1-2,7-10,15H2,(H,16,18). The summed E-state index contributed by atoms with van der Waals surface area (Å²) < 4.78 is 5.37. The topological polar surface area (TPSA) is 84.6 Å². The molecule has 0 aliphatic heterocycles. The largest absolute Gasteiger partial charge is 0.484 e. The van der Waals surface area contributed by atoms with E-state index in [4.69, 9.17) is 10.5 Å². The average molecular weight is 264 g/mol. The molecule has 0 saturated heterocycles. The summed E-state index contributed by atoms with van der Waals surface area (Å²) in [5, 5.41) is 12.3. The number of nitrogen functional groups attached to an aromatic ring is 1. The number of anilines is 1. The summed E-state index contributed by atoms with van der Waals surface area (Å²) in [6, 6.07) is 6.89. The van der Waals surface area contributed by atoms with Crippen molar-refractivity contribution in [2.45, 2.75) is 31.2 Å². The van der Waals surface area contributed by atoms with Gasteiger partial charge in [0.1, 0.15) is 5.75 Å². The van der Waals surface area contributed by atoms with E-state index >= 15 is 0 Å². The summed E-state index contributed by atoms with van der Waals surface area (Å²) >= 11 is 0. The van der Waals surface area contributed by atoms with Gasteiger partial charge >= 0.3 is 0 Å². The molecule has 0 unspecified atom stereocenters. The number of ether oxygens (including phenoxy) is 1. The van der Waals surface area contributed by atoms with E-state index in [0.29, 0.717) is 11.4 Å². The number of aliphatic hydroxyl groups is 1. The minimum Gasteiger partial charge on any atom is -0.484 e. The van der Waals surface area contributed by atoms with Gasteiger partial charge in [-0.15, -0.1) is 0 Å². The van der Waals surface area contributed by atoms with E-state index in [1.807, 2.05) is 0 Å². The van der Waals surface area contributed by atoms with Gasteiger partial charge in [0.15, 0.2) is 6.61 Å². The maximum Gasteiger partial charge on any atom is 0.258 e. The second-order valence-corrected chi connectivity index (χ2v) is 5.05. The molecule has 1 aliphatic rings. The van der Waals surface area contributed by atoms with E-state index in [1.54, 1.807) is 24.3 Å². The molecule has 19 heavy (non-hydrogen) atoms. The Morgan fingerprint density at radius 3 is 2.53 bits per heavy atom. The molecule has 5 nitrogen and oxygen atoms in total. The number of rotatable bonds is 5. The van der Waals surface area contributed by atoms with Crippen molar-refractivity contribution in [1.82, 2.24) is 5.32 Å². The van der Waals surface area contributed by atoms with E-state index < -0.39 is 5.54 Å². The van der Waals surface area contributed by atoms with Crippen LogP contribution < -0.4 is 15.8 Å². The predicted octanol–water partition coefficient (Wildman–Crippen LogP) is 1.07. The van der Waals surface area contributed by atoms with Gasteiger partial charge in [-0.1, -0.05) is 12.8 Å². The van der Waals surface area contributed by atoms with Gasteiger partial charge in [0, 0.05) is 5.69 Å². The van der Waals surface area contributed by atoms with Gasteiger partial charge in [-0.2, -0.15) is 0 Å². The number of nitrogens with one attached hydrogen (secondary N) is 1. The second kappa shape index (κ2) is 5.93. The predicted molar refractivity (Wildman–Crippen MR) is 72.8 cm³/mol. The first-order valence-corrected chi connectivity index (χ1v) is 6.54. The molecule has 0 atom stereocenters. The smallest absolute Gasteiger partial charge is 0.258 e. The molecule has 1 saturated carbocycles. The van der Waals surface area contributed by atoms with Crippen LogP contribution in [-0.4, -0.2) is 29.8 Å². The Bertz CT molecular complexity index is 425. The van der Waals surface area contributed by atoms with Gasteiger partial charge in [-0.3, -0.25) is 4.79 Å². The molecule has 1 aromatic rings. The molecule has 2 rings (SSSR count). The Balaban J connectivity index is 1.82. The van der Waals surface area contributed by atoms with E-state index in [2.05, 4.69) is 5.32 Å². The number of amides is 1. The minimum atomic E-state index is -0.443. The third kappa shape index (κ3) is 3.61. The maximum atomic E-state index is 11.8. The van der Waals surface area contributed by atoms with E-state index in [-0.39, 0.29) is 19.1 Å². The lowest BCUT2D eigenvalue weighted by Crippen LogP contribution is -2.50. The van der Waals surface area contributed by atoms with Crippen LogP contribution in [0.4, 0.5) is 5.69 Å². The highest BCUT2D eigenvalue weighted by atomic mass is 16.5. The molecule has 1 fully saturated rings. The summed E-state index contributed by atoms with van der Waals surface area (Å²) in [4.78, 5) is 11.8. The summed E-state index contributed by atoms with van der Waals surface area (Å²) in [6.07, 6.45) is 3.74. The van der Waals surface area contributed by atoms with Crippen LogP contribution in [0.2, 0.25) is 0 Å². The Hall–Kier alpha value is -1.75. The third-order valence-electron chi connectivity index (χ3n) is 3.52. The molecular weight excluding hydrogens is 244 g/mol. The normalized spacial score (nSPS) is 17.1.